The summed E-state index contributed by atoms with van der Waals surface area (Å²) in [5, 5.41) is 0.719. The maximum atomic E-state index is 5.92. The van der Waals surface area contributed by atoms with Gasteiger partial charge < -0.3 is 9.80 Å². The Hall–Kier alpha value is -0.800. The van der Waals surface area contributed by atoms with Crippen LogP contribution in [0.15, 0.2) is 18.3 Å². The molecule has 3 aliphatic heterocycles. The fraction of sp³-hybridized carbons (Fsp3) is 0.643. The first-order valence-electron chi connectivity index (χ1n) is 6.93. The third-order valence-corrected chi connectivity index (χ3v) is 4.35. The first-order chi connectivity index (χ1) is 8.83. The van der Waals surface area contributed by atoms with Crippen LogP contribution in [0, 0.1) is 0 Å². The molecule has 3 saturated heterocycles. The number of aromatic nitrogens is 1. The zero-order valence-electron chi connectivity index (χ0n) is 10.7. The number of halogens is 1. The number of hydrogen-bond acceptors (Lipinski definition) is 3. The fourth-order valence-corrected chi connectivity index (χ4v) is 3.28. The van der Waals surface area contributed by atoms with E-state index in [1.807, 2.05) is 6.07 Å². The lowest BCUT2D eigenvalue weighted by Crippen LogP contribution is -2.47. The third-order valence-electron chi connectivity index (χ3n) is 4.13. The summed E-state index contributed by atoms with van der Waals surface area (Å²) in [5.74, 6) is 1.09. The number of anilines is 1. The van der Waals surface area contributed by atoms with Crippen molar-refractivity contribution in [1.82, 2.24) is 9.88 Å². The van der Waals surface area contributed by atoms with E-state index >= 15 is 0 Å². The van der Waals surface area contributed by atoms with Crippen LogP contribution >= 0.6 is 11.6 Å². The summed E-state index contributed by atoms with van der Waals surface area (Å²) in [6, 6.07) is 4.67. The largest absolute Gasteiger partial charge is 0.352 e. The molecule has 3 aliphatic rings. The van der Waals surface area contributed by atoms with Crippen molar-refractivity contribution in [3.05, 3.63) is 23.4 Å². The first kappa shape index (κ1) is 12.2. The van der Waals surface area contributed by atoms with Gasteiger partial charge in [-0.15, -0.1) is 0 Å². The lowest BCUT2D eigenvalue weighted by molar-refractivity contribution is 0.217. The second kappa shape index (κ2) is 5.45. The molecule has 0 aromatic carbocycles. The van der Waals surface area contributed by atoms with Crippen LogP contribution in [0.25, 0.3) is 0 Å². The Morgan fingerprint density at radius 3 is 2.50 bits per heavy atom. The molecule has 1 aromatic heterocycles. The highest BCUT2D eigenvalue weighted by Crippen LogP contribution is 2.25. The van der Waals surface area contributed by atoms with Crippen LogP contribution in [0.4, 0.5) is 5.82 Å². The van der Waals surface area contributed by atoms with Gasteiger partial charge in [0, 0.05) is 25.3 Å². The van der Waals surface area contributed by atoms with Crippen molar-refractivity contribution in [2.45, 2.75) is 31.7 Å². The summed E-state index contributed by atoms with van der Waals surface area (Å²) in [6.07, 6.45) is 6.97. The monoisotopic (exact) mass is 265 g/mol. The van der Waals surface area contributed by atoms with Crippen LogP contribution in [0.3, 0.4) is 0 Å². The van der Waals surface area contributed by atoms with Gasteiger partial charge in [-0.2, -0.15) is 0 Å². The SMILES string of the molecule is Clc1ccc(N2CCN3CCCC2CCC3)nc1. The highest BCUT2D eigenvalue weighted by atomic mass is 35.5. The predicted molar refractivity (Wildman–Crippen MR) is 75.3 cm³/mol. The van der Waals surface area contributed by atoms with Crippen molar-refractivity contribution in [3.63, 3.8) is 0 Å². The Bertz CT molecular complexity index is 383. The van der Waals surface area contributed by atoms with Gasteiger partial charge in [-0.3, -0.25) is 0 Å². The molecule has 0 amide bonds. The molecule has 0 radical (unpaired) electrons. The van der Waals surface area contributed by atoms with Crippen molar-refractivity contribution in [1.29, 1.82) is 0 Å². The molecule has 18 heavy (non-hydrogen) atoms. The van der Waals surface area contributed by atoms with Crippen molar-refractivity contribution in [2.75, 3.05) is 31.1 Å². The summed E-state index contributed by atoms with van der Waals surface area (Å²) in [5.41, 5.74) is 0. The average Bonchev–Trinajstić information content (AvgIpc) is 2.29. The van der Waals surface area contributed by atoms with E-state index in [2.05, 4.69) is 20.9 Å². The van der Waals surface area contributed by atoms with Gasteiger partial charge in [-0.25, -0.2) is 4.98 Å². The van der Waals surface area contributed by atoms with E-state index in [0.717, 1.165) is 17.4 Å². The van der Waals surface area contributed by atoms with E-state index in [1.165, 1.54) is 45.3 Å². The molecule has 4 heteroatoms. The topological polar surface area (TPSA) is 19.4 Å². The van der Waals surface area contributed by atoms with Gasteiger partial charge in [-0.05, 0) is 50.9 Å². The Morgan fingerprint density at radius 1 is 1.06 bits per heavy atom. The molecule has 2 bridgehead atoms. The molecule has 4 heterocycles. The molecule has 0 unspecified atom stereocenters. The Labute approximate surface area is 114 Å². The highest BCUT2D eigenvalue weighted by molar-refractivity contribution is 6.30. The third kappa shape index (κ3) is 2.62. The van der Waals surface area contributed by atoms with E-state index in [-0.39, 0.29) is 0 Å². The van der Waals surface area contributed by atoms with Gasteiger partial charge in [0.15, 0.2) is 0 Å². The first-order valence-corrected chi connectivity index (χ1v) is 7.31. The fourth-order valence-electron chi connectivity index (χ4n) is 3.16. The lowest BCUT2D eigenvalue weighted by atomic mass is 9.99. The van der Waals surface area contributed by atoms with Crippen LogP contribution in [-0.2, 0) is 0 Å². The maximum Gasteiger partial charge on any atom is 0.128 e. The van der Waals surface area contributed by atoms with Crippen molar-refractivity contribution >= 4 is 17.4 Å². The minimum atomic E-state index is 0.668. The Morgan fingerprint density at radius 2 is 1.83 bits per heavy atom. The normalized spacial score (nSPS) is 28.6. The molecule has 1 aromatic rings. The van der Waals surface area contributed by atoms with Gasteiger partial charge in [-0.1, -0.05) is 11.6 Å². The molecule has 0 spiro atoms. The van der Waals surface area contributed by atoms with E-state index in [0.29, 0.717) is 6.04 Å². The zero-order chi connectivity index (χ0) is 12.4. The zero-order valence-corrected chi connectivity index (χ0v) is 11.4. The molecule has 0 saturated carbocycles. The van der Waals surface area contributed by atoms with Gasteiger partial charge in [0.05, 0.1) is 5.02 Å². The standard InChI is InChI=1S/C14H20ClN3/c15-12-5-6-14(16-11-12)18-10-9-17-7-1-3-13(18)4-2-8-17/h5-6,11,13H,1-4,7-10H2. The van der Waals surface area contributed by atoms with Crippen molar-refractivity contribution in [3.8, 4) is 0 Å². The second-order valence-corrected chi connectivity index (χ2v) is 5.74. The predicted octanol–water partition coefficient (Wildman–Crippen LogP) is 2.80. The maximum absolute atomic E-state index is 5.92. The lowest BCUT2D eigenvalue weighted by Gasteiger charge is -2.40. The number of nitrogens with zero attached hydrogens (tertiary/aromatic N) is 3. The summed E-state index contributed by atoms with van der Waals surface area (Å²) >= 11 is 5.92. The summed E-state index contributed by atoms with van der Waals surface area (Å²) in [7, 11) is 0. The average molecular weight is 266 g/mol. The summed E-state index contributed by atoms with van der Waals surface area (Å²) in [6.45, 7) is 4.82. The smallest absolute Gasteiger partial charge is 0.128 e. The molecule has 4 rings (SSSR count). The van der Waals surface area contributed by atoms with Gasteiger partial charge in [0.1, 0.15) is 5.82 Å². The van der Waals surface area contributed by atoms with E-state index in [9.17, 15) is 0 Å². The molecule has 0 atom stereocenters. The number of fused-ring (bicyclic) bond motifs is 6. The quantitative estimate of drug-likeness (QED) is 0.778. The van der Waals surface area contributed by atoms with Crippen LogP contribution in [-0.4, -0.2) is 42.1 Å². The minimum absolute atomic E-state index is 0.668. The van der Waals surface area contributed by atoms with Crippen LogP contribution in [0.1, 0.15) is 25.7 Å². The van der Waals surface area contributed by atoms with Crippen LogP contribution in [0.5, 0.6) is 0 Å². The second-order valence-electron chi connectivity index (χ2n) is 5.31. The molecule has 3 fully saturated rings. The van der Waals surface area contributed by atoms with E-state index < -0.39 is 0 Å². The Balaban J connectivity index is 1.83. The molecular formula is C14H20ClN3. The van der Waals surface area contributed by atoms with Crippen LogP contribution < -0.4 is 4.90 Å². The Kier molecular flexibility index (Phi) is 3.71. The summed E-state index contributed by atoms with van der Waals surface area (Å²) in [4.78, 5) is 9.58. The molecule has 98 valence electrons. The number of pyridine rings is 1. The number of hydrogen-bond donors (Lipinski definition) is 0. The highest BCUT2D eigenvalue weighted by Gasteiger charge is 2.25. The van der Waals surface area contributed by atoms with E-state index in [1.54, 1.807) is 6.20 Å². The molecule has 3 nitrogen and oxygen atoms in total. The number of rotatable bonds is 1. The minimum Gasteiger partial charge on any atom is -0.352 e. The van der Waals surface area contributed by atoms with E-state index in [4.69, 9.17) is 11.6 Å². The van der Waals surface area contributed by atoms with Crippen LogP contribution in [0.2, 0.25) is 5.02 Å². The summed E-state index contributed by atoms with van der Waals surface area (Å²) < 4.78 is 0. The molecule has 0 N–H and O–H groups in total. The van der Waals surface area contributed by atoms with Gasteiger partial charge in [0.25, 0.3) is 0 Å². The molecule has 0 aliphatic carbocycles. The van der Waals surface area contributed by atoms with Crippen molar-refractivity contribution < 1.29 is 0 Å². The van der Waals surface area contributed by atoms with Gasteiger partial charge >= 0.3 is 0 Å². The molecular weight excluding hydrogens is 246 g/mol. The van der Waals surface area contributed by atoms with Crippen molar-refractivity contribution in [2.24, 2.45) is 0 Å². The van der Waals surface area contributed by atoms with Gasteiger partial charge in [0.2, 0.25) is 0 Å².